The third-order valence-corrected chi connectivity index (χ3v) is 4.37. The lowest BCUT2D eigenvalue weighted by molar-refractivity contribution is -0.129. The molecule has 2 nitrogen and oxygen atoms in total. The fourth-order valence-corrected chi connectivity index (χ4v) is 2.91. The smallest absolute Gasteiger partial charge is 0.137 e. The van der Waals surface area contributed by atoms with Crippen LogP contribution >= 0.6 is 0 Å². The molecule has 1 aliphatic rings. The molecule has 0 radical (unpaired) electrons. The molecule has 1 heterocycles. The highest BCUT2D eigenvalue weighted by molar-refractivity contribution is 5.83. The van der Waals surface area contributed by atoms with E-state index in [1.807, 2.05) is 18.2 Å². The van der Waals surface area contributed by atoms with E-state index in [4.69, 9.17) is 0 Å². The molecule has 1 saturated heterocycles. The van der Waals surface area contributed by atoms with E-state index < -0.39 is 0 Å². The fraction of sp³-hybridized carbons (Fsp3) is 0.533. The predicted octanol–water partition coefficient (Wildman–Crippen LogP) is 2.88. The number of Topliss-reactive ketones (excluding diaryl/α,β-unsaturated/α-hetero) is 1. The molecule has 92 valence electrons. The Morgan fingerprint density at radius 3 is 2.41 bits per heavy atom. The zero-order valence-electron chi connectivity index (χ0n) is 10.9. The van der Waals surface area contributed by atoms with Gasteiger partial charge in [0.05, 0.1) is 5.54 Å². The standard InChI is InChI=1S/C15H21NO/c1-12(17)14(2,3)15(10-7-11-16-15)13-8-5-4-6-9-13/h4-6,8-9,16H,7,10-11H2,1-3H3. The lowest BCUT2D eigenvalue weighted by Crippen LogP contribution is -2.52. The lowest BCUT2D eigenvalue weighted by Gasteiger charge is -2.43. The molecule has 17 heavy (non-hydrogen) atoms. The summed E-state index contributed by atoms with van der Waals surface area (Å²) in [7, 11) is 0. The van der Waals surface area contributed by atoms with E-state index in [9.17, 15) is 4.79 Å². The minimum absolute atomic E-state index is 0.194. The Hall–Kier alpha value is -1.15. The number of carbonyl (C=O) groups is 1. The Morgan fingerprint density at radius 1 is 1.29 bits per heavy atom. The first-order chi connectivity index (χ1) is 8.01. The van der Waals surface area contributed by atoms with Gasteiger partial charge in [-0.25, -0.2) is 0 Å². The first-order valence-electron chi connectivity index (χ1n) is 6.32. The molecule has 0 spiro atoms. The van der Waals surface area contributed by atoms with Gasteiger partial charge in [-0.05, 0) is 31.9 Å². The van der Waals surface area contributed by atoms with Crippen molar-refractivity contribution in [2.24, 2.45) is 5.41 Å². The fourth-order valence-electron chi connectivity index (χ4n) is 2.91. The van der Waals surface area contributed by atoms with Crippen molar-refractivity contribution >= 4 is 5.78 Å². The topological polar surface area (TPSA) is 29.1 Å². The maximum absolute atomic E-state index is 12.0. The van der Waals surface area contributed by atoms with Gasteiger partial charge in [-0.15, -0.1) is 0 Å². The normalized spacial score (nSPS) is 24.9. The van der Waals surface area contributed by atoms with Crippen molar-refractivity contribution in [3.8, 4) is 0 Å². The zero-order valence-corrected chi connectivity index (χ0v) is 10.9. The summed E-state index contributed by atoms with van der Waals surface area (Å²) < 4.78 is 0. The molecule has 0 amide bonds. The molecular weight excluding hydrogens is 210 g/mol. The van der Waals surface area contributed by atoms with Crippen LogP contribution in [0.1, 0.15) is 39.2 Å². The van der Waals surface area contributed by atoms with Crippen LogP contribution in [-0.2, 0) is 10.3 Å². The van der Waals surface area contributed by atoms with E-state index in [1.165, 1.54) is 5.56 Å². The average molecular weight is 231 g/mol. The highest BCUT2D eigenvalue weighted by Crippen LogP contribution is 2.46. The molecule has 1 aromatic rings. The monoisotopic (exact) mass is 231 g/mol. The van der Waals surface area contributed by atoms with Crippen LogP contribution in [0.15, 0.2) is 30.3 Å². The molecule has 2 heteroatoms. The molecule has 0 bridgehead atoms. The number of hydrogen-bond acceptors (Lipinski definition) is 2. The summed E-state index contributed by atoms with van der Waals surface area (Å²) in [6.07, 6.45) is 2.16. The number of ketones is 1. The zero-order chi connectivity index (χ0) is 12.5. The van der Waals surface area contributed by atoms with Crippen LogP contribution in [0.3, 0.4) is 0 Å². The Kier molecular flexibility index (Phi) is 3.09. The Morgan fingerprint density at radius 2 is 1.94 bits per heavy atom. The van der Waals surface area contributed by atoms with Gasteiger partial charge in [0.1, 0.15) is 5.78 Å². The van der Waals surface area contributed by atoms with Crippen LogP contribution in [-0.4, -0.2) is 12.3 Å². The second-order valence-corrected chi connectivity index (χ2v) is 5.48. The van der Waals surface area contributed by atoms with Crippen molar-refractivity contribution in [3.63, 3.8) is 0 Å². The van der Waals surface area contributed by atoms with E-state index >= 15 is 0 Å². The Balaban J connectivity index is 2.51. The van der Waals surface area contributed by atoms with Crippen molar-refractivity contribution in [2.75, 3.05) is 6.54 Å². The summed E-state index contributed by atoms with van der Waals surface area (Å²) in [5.74, 6) is 0.246. The molecule has 1 unspecified atom stereocenters. The second-order valence-electron chi connectivity index (χ2n) is 5.48. The van der Waals surface area contributed by atoms with Crippen LogP contribution in [0.2, 0.25) is 0 Å². The quantitative estimate of drug-likeness (QED) is 0.866. The summed E-state index contributed by atoms with van der Waals surface area (Å²) in [5.41, 5.74) is 0.669. The number of carbonyl (C=O) groups excluding carboxylic acids is 1. The maximum atomic E-state index is 12.0. The van der Waals surface area contributed by atoms with E-state index in [0.29, 0.717) is 0 Å². The molecule has 1 aliphatic heterocycles. The average Bonchev–Trinajstić information content (AvgIpc) is 2.80. The van der Waals surface area contributed by atoms with Crippen molar-refractivity contribution in [3.05, 3.63) is 35.9 Å². The van der Waals surface area contributed by atoms with E-state index in [1.54, 1.807) is 6.92 Å². The molecule has 1 aromatic carbocycles. The van der Waals surface area contributed by atoms with Gasteiger partial charge in [0.25, 0.3) is 0 Å². The van der Waals surface area contributed by atoms with E-state index in [-0.39, 0.29) is 16.7 Å². The third kappa shape index (κ3) is 1.81. The summed E-state index contributed by atoms with van der Waals surface area (Å²) in [5, 5.41) is 3.59. The number of nitrogens with one attached hydrogen (secondary N) is 1. The van der Waals surface area contributed by atoms with Crippen molar-refractivity contribution in [1.82, 2.24) is 5.32 Å². The molecule has 0 aliphatic carbocycles. The van der Waals surface area contributed by atoms with Gasteiger partial charge in [-0.3, -0.25) is 4.79 Å². The van der Waals surface area contributed by atoms with Crippen molar-refractivity contribution in [2.45, 2.75) is 39.2 Å². The number of hydrogen-bond donors (Lipinski definition) is 1. The molecule has 2 rings (SSSR count). The second kappa shape index (κ2) is 4.26. The van der Waals surface area contributed by atoms with Gasteiger partial charge in [0, 0.05) is 5.41 Å². The molecule has 1 atom stereocenters. The van der Waals surface area contributed by atoms with Gasteiger partial charge < -0.3 is 5.32 Å². The highest BCUT2D eigenvalue weighted by Gasteiger charge is 2.50. The van der Waals surface area contributed by atoms with Gasteiger partial charge >= 0.3 is 0 Å². The Labute approximate surface area is 103 Å². The number of rotatable bonds is 3. The van der Waals surface area contributed by atoms with Gasteiger partial charge in [-0.2, -0.15) is 0 Å². The van der Waals surface area contributed by atoms with Gasteiger partial charge in [0.15, 0.2) is 0 Å². The third-order valence-electron chi connectivity index (χ3n) is 4.37. The van der Waals surface area contributed by atoms with Gasteiger partial charge in [-0.1, -0.05) is 44.2 Å². The van der Waals surface area contributed by atoms with E-state index in [2.05, 4.69) is 31.3 Å². The van der Waals surface area contributed by atoms with Crippen LogP contribution in [0.25, 0.3) is 0 Å². The minimum Gasteiger partial charge on any atom is -0.307 e. The summed E-state index contributed by atoms with van der Waals surface area (Å²) >= 11 is 0. The predicted molar refractivity (Wildman–Crippen MR) is 69.8 cm³/mol. The SMILES string of the molecule is CC(=O)C(C)(C)C1(c2ccccc2)CCCN1. The molecule has 0 saturated carbocycles. The van der Waals surface area contributed by atoms with Crippen LogP contribution in [0.5, 0.6) is 0 Å². The molecule has 0 aromatic heterocycles. The highest BCUT2D eigenvalue weighted by atomic mass is 16.1. The molecular formula is C15H21NO. The van der Waals surface area contributed by atoms with Crippen molar-refractivity contribution in [1.29, 1.82) is 0 Å². The Bertz CT molecular complexity index is 402. The lowest BCUT2D eigenvalue weighted by atomic mass is 9.65. The summed E-state index contributed by atoms with van der Waals surface area (Å²) in [4.78, 5) is 12.0. The van der Waals surface area contributed by atoms with Crippen LogP contribution in [0, 0.1) is 5.41 Å². The first-order valence-corrected chi connectivity index (χ1v) is 6.32. The first kappa shape index (κ1) is 12.3. The van der Waals surface area contributed by atoms with E-state index in [0.717, 1.165) is 19.4 Å². The summed E-state index contributed by atoms with van der Waals surface area (Å²) in [6, 6.07) is 10.4. The van der Waals surface area contributed by atoms with Crippen LogP contribution < -0.4 is 5.32 Å². The van der Waals surface area contributed by atoms with Crippen LogP contribution in [0.4, 0.5) is 0 Å². The largest absolute Gasteiger partial charge is 0.307 e. The number of benzene rings is 1. The van der Waals surface area contributed by atoms with Crippen molar-refractivity contribution < 1.29 is 4.79 Å². The minimum atomic E-state index is -0.370. The molecule has 1 N–H and O–H groups in total. The molecule has 1 fully saturated rings. The maximum Gasteiger partial charge on any atom is 0.137 e. The van der Waals surface area contributed by atoms with Gasteiger partial charge in [0.2, 0.25) is 0 Å². The summed E-state index contributed by atoms with van der Waals surface area (Å²) in [6.45, 7) is 6.80.